The van der Waals surface area contributed by atoms with E-state index in [1.54, 1.807) is 11.0 Å². The smallest absolute Gasteiger partial charge is 0.247 e. The zero-order valence-corrected chi connectivity index (χ0v) is 19.1. The van der Waals surface area contributed by atoms with Gasteiger partial charge in [0.2, 0.25) is 23.2 Å². The molecule has 1 amide bonds. The molecule has 0 saturated heterocycles. The van der Waals surface area contributed by atoms with Gasteiger partial charge in [0.05, 0.1) is 12.3 Å². The van der Waals surface area contributed by atoms with Gasteiger partial charge in [-0.15, -0.1) is 16.8 Å². The molecule has 0 spiro atoms. The highest BCUT2D eigenvalue weighted by Crippen LogP contribution is 2.43. The lowest BCUT2D eigenvalue weighted by atomic mass is 10.1. The first-order valence-electron chi connectivity index (χ1n) is 10.3. The zero-order valence-electron chi connectivity index (χ0n) is 18.2. The van der Waals surface area contributed by atoms with Crippen molar-refractivity contribution in [3.05, 3.63) is 66.2 Å². The SMILES string of the molecule is C=CCSc1nnc2c(n1)O[C@H](c1ccc(OCC)c(C)c1)N(C(C)=O)c1ccccc1-2. The Morgan fingerprint density at radius 3 is 2.81 bits per heavy atom. The number of aryl methyl sites for hydroxylation is 1. The van der Waals surface area contributed by atoms with Gasteiger partial charge in [0.25, 0.3) is 0 Å². The molecule has 1 aliphatic heterocycles. The van der Waals surface area contributed by atoms with Crippen LogP contribution in [0.2, 0.25) is 0 Å². The Morgan fingerprint density at radius 1 is 1.28 bits per heavy atom. The first kappa shape index (κ1) is 21.8. The lowest BCUT2D eigenvalue weighted by Crippen LogP contribution is -2.36. The number of rotatable bonds is 6. The van der Waals surface area contributed by atoms with Crippen LogP contribution in [0.4, 0.5) is 5.69 Å². The van der Waals surface area contributed by atoms with Gasteiger partial charge in [-0.25, -0.2) is 0 Å². The molecule has 0 radical (unpaired) electrons. The molecule has 0 unspecified atom stereocenters. The van der Waals surface area contributed by atoms with Crippen molar-refractivity contribution in [1.82, 2.24) is 15.2 Å². The molecule has 1 aliphatic rings. The van der Waals surface area contributed by atoms with E-state index in [0.717, 1.165) is 22.4 Å². The first-order valence-corrected chi connectivity index (χ1v) is 11.3. The fourth-order valence-corrected chi connectivity index (χ4v) is 4.12. The summed E-state index contributed by atoms with van der Waals surface area (Å²) < 4.78 is 12.1. The summed E-state index contributed by atoms with van der Waals surface area (Å²) in [4.78, 5) is 19.1. The summed E-state index contributed by atoms with van der Waals surface area (Å²) in [5.41, 5.74) is 3.70. The predicted octanol–water partition coefficient (Wildman–Crippen LogP) is 4.97. The van der Waals surface area contributed by atoms with E-state index in [0.29, 0.717) is 34.8 Å². The van der Waals surface area contributed by atoms with E-state index in [-0.39, 0.29) is 5.91 Å². The number of fused-ring (bicyclic) bond motifs is 3. The Morgan fingerprint density at radius 2 is 2.09 bits per heavy atom. The molecule has 0 bridgehead atoms. The number of para-hydroxylation sites is 1. The van der Waals surface area contributed by atoms with Gasteiger partial charge in [0.15, 0.2) is 5.69 Å². The van der Waals surface area contributed by atoms with Crippen LogP contribution in [0.5, 0.6) is 11.6 Å². The fourth-order valence-electron chi connectivity index (χ4n) is 3.61. The second-order valence-electron chi connectivity index (χ2n) is 7.18. The number of hydrogen-bond donors (Lipinski definition) is 0. The Balaban J connectivity index is 1.88. The van der Waals surface area contributed by atoms with E-state index < -0.39 is 6.23 Å². The topological polar surface area (TPSA) is 77.4 Å². The van der Waals surface area contributed by atoms with Crippen LogP contribution in [0.1, 0.15) is 31.2 Å². The molecule has 2 aromatic carbocycles. The van der Waals surface area contributed by atoms with Crippen molar-refractivity contribution in [3.8, 4) is 22.9 Å². The van der Waals surface area contributed by atoms with Crippen LogP contribution in [0.25, 0.3) is 11.3 Å². The second-order valence-corrected chi connectivity index (χ2v) is 8.17. The lowest BCUT2D eigenvalue weighted by molar-refractivity contribution is -0.118. The molecule has 0 aliphatic carbocycles. The van der Waals surface area contributed by atoms with Gasteiger partial charge in [-0.1, -0.05) is 36.0 Å². The highest BCUT2D eigenvalue weighted by atomic mass is 32.2. The van der Waals surface area contributed by atoms with Crippen LogP contribution in [-0.2, 0) is 4.79 Å². The maximum Gasteiger partial charge on any atom is 0.247 e. The van der Waals surface area contributed by atoms with Crippen molar-refractivity contribution in [1.29, 1.82) is 0 Å². The van der Waals surface area contributed by atoms with E-state index in [9.17, 15) is 4.79 Å². The summed E-state index contributed by atoms with van der Waals surface area (Å²) in [6.45, 7) is 9.75. The average molecular weight is 449 g/mol. The molecule has 0 N–H and O–H groups in total. The van der Waals surface area contributed by atoms with E-state index >= 15 is 0 Å². The number of carbonyl (C=O) groups is 1. The van der Waals surface area contributed by atoms with Gasteiger partial charge in [-0.05, 0) is 43.7 Å². The van der Waals surface area contributed by atoms with Crippen LogP contribution in [0.3, 0.4) is 0 Å². The van der Waals surface area contributed by atoms with Crippen molar-refractivity contribution in [2.75, 3.05) is 17.3 Å². The summed E-state index contributed by atoms with van der Waals surface area (Å²) in [6.07, 6.45) is 1.05. The number of benzene rings is 2. The fraction of sp³-hybridized carbons (Fsp3) is 0.250. The molecule has 164 valence electrons. The number of aromatic nitrogens is 3. The van der Waals surface area contributed by atoms with Crippen LogP contribution in [0, 0.1) is 6.92 Å². The molecule has 1 aromatic heterocycles. The number of amides is 1. The minimum absolute atomic E-state index is 0.156. The molecular formula is C24H24N4O3S. The lowest BCUT2D eigenvalue weighted by Gasteiger charge is -2.30. The van der Waals surface area contributed by atoms with Gasteiger partial charge >= 0.3 is 0 Å². The zero-order chi connectivity index (χ0) is 22.7. The Bertz CT molecular complexity index is 1170. The quantitative estimate of drug-likeness (QED) is 0.389. The minimum Gasteiger partial charge on any atom is -0.494 e. The number of hydrogen-bond acceptors (Lipinski definition) is 7. The van der Waals surface area contributed by atoms with Crippen molar-refractivity contribution in [3.63, 3.8) is 0 Å². The number of anilines is 1. The summed E-state index contributed by atoms with van der Waals surface area (Å²) in [7, 11) is 0. The van der Waals surface area contributed by atoms with Gasteiger partial charge in [0, 0.05) is 23.8 Å². The molecule has 7 nitrogen and oxygen atoms in total. The van der Waals surface area contributed by atoms with Crippen LogP contribution < -0.4 is 14.4 Å². The molecule has 8 heteroatoms. The molecule has 4 rings (SSSR count). The maximum atomic E-state index is 12.9. The van der Waals surface area contributed by atoms with Crippen molar-refractivity contribution < 1.29 is 14.3 Å². The van der Waals surface area contributed by atoms with Crippen LogP contribution >= 0.6 is 11.8 Å². The van der Waals surface area contributed by atoms with Crippen molar-refractivity contribution in [2.24, 2.45) is 0 Å². The van der Waals surface area contributed by atoms with Crippen LogP contribution in [-0.4, -0.2) is 33.4 Å². The average Bonchev–Trinajstić information content (AvgIpc) is 2.93. The Kier molecular flexibility index (Phi) is 6.41. The van der Waals surface area contributed by atoms with E-state index in [1.165, 1.54) is 18.7 Å². The minimum atomic E-state index is -0.724. The number of carbonyl (C=O) groups excluding carboxylic acids is 1. The number of thioether (sulfide) groups is 1. The van der Waals surface area contributed by atoms with Gasteiger partial charge in [-0.3, -0.25) is 9.69 Å². The van der Waals surface area contributed by atoms with Gasteiger partial charge < -0.3 is 9.47 Å². The highest BCUT2D eigenvalue weighted by Gasteiger charge is 2.34. The molecule has 0 saturated carbocycles. The first-order chi connectivity index (χ1) is 15.5. The third-order valence-corrected chi connectivity index (χ3v) is 5.80. The van der Waals surface area contributed by atoms with Gasteiger partial charge in [0.1, 0.15) is 5.75 Å². The predicted molar refractivity (Wildman–Crippen MR) is 125 cm³/mol. The van der Waals surface area contributed by atoms with Gasteiger partial charge in [-0.2, -0.15) is 4.98 Å². The molecular weight excluding hydrogens is 424 g/mol. The normalized spacial score (nSPS) is 14.6. The third kappa shape index (κ3) is 4.18. The standard InChI is InChI=1S/C24H24N4O3S/c1-5-13-32-24-25-22-21(26-27-24)18-9-7-8-10-19(18)28(16(4)29)23(31-22)17-11-12-20(30-6-2)15(3)14-17/h5,7-12,14,23H,1,6,13H2,2-4H3/t23-/m1/s1. The summed E-state index contributed by atoms with van der Waals surface area (Å²) in [5.74, 6) is 1.63. The maximum absolute atomic E-state index is 12.9. The summed E-state index contributed by atoms with van der Waals surface area (Å²) in [6, 6.07) is 13.3. The number of nitrogens with zero attached hydrogens (tertiary/aromatic N) is 4. The van der Waals surface area contributed by atoms with E-state index in [1.807, 2.05) is 56.3 Å². The Labute approximate surface area is 191 Å². The highest BCUT2D eigenvalue weighted by molar-refractivity contribution is 7.99. The van der Waals surface area contributed by atoms with Crippen molar-refractivity contribution >= 4 is 23.4 Å². The second kappa shape index (κ2) is 9.40. The molecule has 0 fully saturated rings. The molecule has 3 aromatic rings. The molecule has 1 atom stereocenters. The largest absolute Gasteiger partial charge is 0.494 e. The van der Waals surface area contributed by atoms with E-state index in [4.69, 9.17) is 9.47 Å². The van der Waals surface area contributed by atoms with Crippen molar-refractivity contribution in [2.45, 2.75) is 32.2 Å². The molecule has 32 heavy (non-hydrogen) atoms. The number of ether oxygens (including phenoxy) is 2. The monoisotopic (exact) mass is 448 g/mol. The summed E-state index contributed by atoms with van der Waals surface area (Å²) >= 11 is 1.42. The van der Waals surface area contributed by atoms with Crippen LogP contribution in [0.15, 0.2) is 60.3 Å². The molecule has 2 heterocycles. The third-order valence-electron chi connectivity index (χ3n) is 4.97. The summed E-state index contributed by atoms with van der Waals surface area (Å²) in [5, 5.41) is 9.12. The Hall–Kier alpha value is -3.39. The van der Waals surface area contributed by atoms with E-state index in [2.05, 4.69) is 21.8 Å².